The summed E-state index contributed by atoms with van der Waals surface area (Å²) in [4.78, 5) is 23.6. The van der Waals surface area contributed by atoms with Crippen LogP contribution >= 0.6 is 0 Å². The van der Waals surface area contributed by atoms with E-state index in [-0.39, 0.29) is 11.7 Å². The molecule has 0 radical (unpaired) electrons. The van der Waals surface area contributed by atoms with Crippen molar-refractivity contribution in [1.29, 1.82) is 0 Å². The van der Waals surface area contributed by atoms with E-state index < -0.39 is 0 Å². The summed E-state index contributed by atoms with van der Waals surface area (Å²) >= 11 is 0. The van der Waals surface area contributed by atoms with Crippen LogP contribution in [0.25, 0.3) is 0 Å². The van der Waals surface area contributed by atoms with Crippen molar-refractivity contribution in [3.8, 4) is 0 Å². The number of aromatic nitrogens is 5. The first-order valence-electron chi connectivity index (χ1n) is 8.82. The molecule has 1 aliphatic carbocycles. The molecular weight excluding hydrogens is 304 g/mol. The van der Waals surface area contributed by atoms with Crippen LogP contribution < -0.4 is 10.6 Å². The lowest BCUT2D eigenvalue weighted by atomic mass is 9.94. The Kier molecular flexibility index (Phi) is 3.66. The van der Waals surface area contributed by atoms with Gasteiger partial charge in [-0.2, -0.15) is 5.10 Å². The molecule has 1 aliphatic heterocycles. The highest BCUT2D eigenvalue weighted by molar-refractivity contribution is 5.42. The van der Waals surface area contributed by atoms with E-state index in [9.17, 15) is 4.79 Å². The third-order valence-corrected chi connectivity index (χ3v) is 5.51. The molecule has 2 aliphatic rings. The predicted octanol–water partition coefficient (Wildman–Crippen LogP) is 1.98. The molecule has 2 fully saturated rings. The Bertz CT molecular complexity index is 806. The maximum Gasteiger partial charge on any atom is 0.343 e. The molecule has 4 rings (SSSR count). The predicted molar refractivity (Wildman–Crippen MR) is 90.9 cm³/mol. The topological polar surface area (TPSA) is 79.7 Å². The number of nitrogens with zero attached hydrogens (tertiary/aromatic N) is 5. The highest BCUT2D eigenvalue weighted by atomic mass is 16.1. The van der Waals surface area contributed by atoms with Crippen molar-refractivity contribution in [1.82, 2.24) is 24.7 Å². The molecule has 3 heterocycles. The molecule has 1 saturated carbocycles. The molecule has 128 valence electrons. The number of anilines is 1. The maximum absolute atomic E-state index is 12.1. The van der Waals surface area contributed by atoms with Crippen LogP contribution in [-0.4, -0.2) is 31.3 Å². The monoisotopic (exact) mass is 328 g/mol. The van der Waals surface area contributed by atoms with Gasteiger partial charge in [-0.1, -0.05) is 0 Å². The number of aromatic amines is 1. The number of nitrogens with one attached hydrogen (secondary N) is 1. The quantitative estimate of drug-likeness (QED) is 0.928. The Balaban J connectivity index is 1.77. The minimum Gasteiger partial charge on any atom is -0.345 e. The van der Waals surface area contributed by atoms with Crippen LogP contribution in [0.1, 0.15) is 49.4 Å². The van der Waals surface area contributed by atoms with Crippen molar-refractivity contribution < 1.29 is 0 Å². The van der Waals surface area contributed by atoms with E-state index in [0.29, 0.717) is 12.5 Å². The first kappa shape index (κ1) is 15.4. The van der Waals surface area contributed by atoms with Gasteiger partial charge in [-0.15, -0.1) is 0 Å². The van der Waals surface area contributed by atoms with Crippen molar-refractivity contribution in [2.24, 2.45) is 11.8 Å². The normalized spacial score (nSPS) is 23.9. The largest absolute Gasteiger partial charge is 0.345 e. The Morgan fingerprint density at radius 3 is 2.71 bits per heavy atom. The van der Waals surface area contributed by atoms with E-state index in [0.717, 1.165) is 41.9 Å². The van der Waals surface area contributed by atoms with E-state index >= 15 is 0 Å². The van der Waals surface area contributed by atoms with Crippen molar-refractivity contribution >= 4 is 5.82 Å². The van der Waals surface area contributed by atoms with Gasteiger partial charge in [-0.05, 0) is 51.9 Å². The fraction of sp³-hybridized carbons (Fsp3) is 0.647. The first-order valence-corrected chi connectivity index (χ1v) is 8.82. The van der Waals surface area contributed by atoms with Gasteiger partial charge in [0.05, 0.1) is 23.6 Å². The summed E-state index contributed by atoms with van der Waals surface area (Å²) in [6.07, 6.45) is 5.54. The Hall–Kier alpha value is -2.18. The van der Waals surface area contributed by atoms with Crippen molar-refractivity contribution in [2.45, 2.75) is 52.6 Å². The molecule has 24 heavy (non-hydrogen) atoms. The standard InChI is InChI=1S/C17H24N6O/c1-4-22-16(20-21-17(22)24)15-13(12-5-6-12)7-8-23(15)14-9-18-10(2)11(3)19-14/h9,12-13,15H,4-8H2,1-3H3,(H,21,24). The van der Waals surface area contributed by atoms with Crippen LogP contribution in [0.3, 0.4) is 0 Å². The molecule has 7 heteroatoms. The minimum absolute atomic E-state index is 0.104. The van der Waals surface area contributed by atoms with E-state index in [2.05, 4.69) is 20.1 Å². The van der Waals surface area contributed by atoms with Crippen LogP contribution in [-0.2, 0) is 6.54 Å². The average molecular weight is 328 g/mol. The average Bonchev–Trinajstić information content (AvgIpc) is 3.22. The van der Waals surface area contributed by atoms with Crippen LogP contribution in [0.2, 0.25) is 0 Å². The lowest BCUT2D eigenvalue weighted by molar-refractivity contribution is 0.401. The Labute approximate surface area is 141 Å². The summed E-state index contributed by atoms with van der Waals surface area (Å²) < 4.78 is 1.76. The Morgan fingerprint density at radius 1 is 1.25 bits per heavy atom. The van der Waals surface area contributed by atoms with Gasteiger partial charge in [0.1, 0.15) is 5.82 Å². The second kappa shape index (κ2) is 5.72. The zero-order valence-electron chi connectivity index (χ0n) is 14.5. The van der Waals surface area contributed by atoms with Crippen LogP contribution in [0.15, 0.2) is 11.0 Å². The second-order valence-electron chi connectivity index (χ2n) is 6.96. The fourth-order valence-electron chi connectivity index (χ4n) is 3.95. The van der Waals surface area contributed by atoms with Gasteiger partial charge < -0.3 is 4.90 Å². The van der Waals surface area contributed by atoms with E-state index in [1.54, 1.807) is 4.57 Å². The summed E-state index contributed by atoms with van der Waals surface area (Å²) in [7, 11) is 0. The number of aryl methyl sites for hydroxylation is 2. The number of hydrogen-bond donors (Lipinski definition) is 1. The van der Waals surface area contributed by atoms with Crippen molar-refractivity contribution in [3.05, 3.63) is 33.9 Å². The summed E-state index contributed by atoms with van der Waals surface area (Å²) in [6.45, 7) is 7.52. The molecule has 2 atom stereocenters. The first-order chi connectivity index (χ1) is 11.6. The van der Waals surface area contributed by atoms with Gasteiger partial charge >= 0.3 is 5.69 Å². The molecule has 2 aromatic heterocycles. The van der Waals surface area contributed by atoms with Gasteiger partial charge in [0.25, 0.3) is 0 Å². The highest BCUT2D eigenvalue weighted by Gasteiger charge is 2.46. The summed E-state index contributed by atoms with van der Waals surface area (Å²) in [5.41, 5.74) is 1.79. The third-order valence-electron chi connectivity index (χ3n) is 5.51. The van der Waals surface area contributed by atoms with Crippen LogP contribution in [0, 0.1) is 25.7 Å². The van der Waals surface area contributed by atoms with E-state index in [1.165, 1.54) is 12.8 Å². The van der Waals surface area contributed by atoms with E-state index in [1.807, 2.05) is 27.0 Å². The fourth-order valence-corrected chi connectivity index (χ4v) is 3.95. The lowest BCUT2D eigenvalue weighted by Gasteiger charge is -2.28. The third kappa shape index (κ3) is 2.42. The minimum atomic E-state index is -0.125. The molecular formula is C17H24N6O. The summed E-state index contributed by atoms with van der Waals surface area (Å²) in [5.74, 6) is 3.02. The Morgan fingerprint density at radius 2 is 2.04 bits per heavy atom. The summed E-state index contributed by atoms with van der Waals surface area (Å²) in [6, 6.07) is 0.104. The van der Waals surface area contributed by atoms with Crippen molar-refractivity contribution in [2.75, 3.05) is 11.4 Å². The van der Waals surface area contributed by atoms with Gasteiger partial charge in [0, 0.05) is 13.1 Å². The number of hydrogen-bond acceptors (Lipinski definition) is 5. The smallest absolute Gasteiger partial charge is 0.343 e. The van der Waals surface area contributed by atoms with Crippen LogP contribution in [0.5, 0.6) is 0 Å². The van der Waals surface area contributed by atoms with Gasteiger partial charge in [0.15, 0.2) is 5.82 Å². The maximum atomic E-state index is 12.1. The molecule has 0 amide bonds. The van der Waals surface area contributed by atoms with E-state index in [4.69, 9.17) is 4.98 Å². The molecule has 0 aromatic carbocycles. The zero-order chi connectivity index (χ0) is 16.8. The van der Waals surface area contributed by atoms with Gasteiger partial charge in [-0.25, -0.2) is 14.9 Å². The molecule has 0 spiro atoms. The van der Waals surface area contributed by atoms with Gasteiger partial charge in [-0.3, -0.25) is 9.55 Å². The molecule has 2 aromatic rings. The summed E-state index contributed by atoms with van der Waals surface area (Å²) in [5, 5.41) is 7.01. The number of H-pyrrole nitrogens is 1. The SMILES string of the molecule is CCn1c(C2C(C3CC3)CCN2c2cnc(C)c(C)n2)n[nH]c1=O. The zero-order valence-corrected chi connectivity index (χ0v) is 14.5. The van der Waals surface area contributed by atoms with Crippen LogP contribution in [0.4, 0.5) is 5.82 Å². The molecule has 1 saturated heterocycles. The number of rotatable bonds is 4. The van der Waals surface area contributed by atoms with Gasteiger partial charge in [0.2, 0.25) is 0 Å². The molecule has 0 bridgehead atoms. The lowest BCUT2D eigenvalue weighted by Crippen LogP contribution is -2.31. The molecule has 1 N–H and O–H groups in total. The molecule has 2 unspecified atom stereocenters. The molecule has 7 nitrogen and oxygen atoms in total. The van der Waals surface area contributed by atoms with Crippen molar-refractivity contribution in [3.63, 3.8) is 0 Å². The highest BCUT2D eigenvalue weighted by Crippen LogP contribution is 2.50. The second-order valence-corrected chi connectivity index (χ2v) is 6.96.